The zero-order chi connectivity index (χ0) is 10.1. The summed E-state index contributed by atoms with van der Waals surface area (Å²) in [5.74, 6) is 0. The molecule has 0 fully saturated rings. The van der Waals surface area contributed by atoms with Gasteiger partial charge >= 0.3 is 0 Å². The molecule has 0 spiro atoms. The second-order valence-electron chi connectivity index (χ2n) is 2.58. The summed E-state index contributed by atoms with van der Waals surface area (Å²) in [4.78, 5) is 0.0191. The molecule has 0 amide bonds. The van der Waals surface area contributed by atoms with E-state index in [4.69, 9.17) is 5.11 Å². The third kappa shape index (κ3) is 2.05. The molecule has 0 bridgehead atoms. The van der Waals surface area contributed by atoms with Gasteiger partial charge in [-0.3, -0.25) is 0 Å². The van der Waals surface area contributed by atoms with Crippen LogP contribution in [0.3, 0.4) is 0 Å². The number of sulfone groups is 1. The molecule has 1 rings (SSSR count). The molecule has 13 heavy (non-hydrogen) atoms. The summed E-state index contributed by atoms with van der Waals surface area (Å²) in [6, 6.07) is 6.11. The fourth-order valence-corrected chi connectivity index (χ4v) is 1.80. The minimum atomic E-state index is -3.81. The van der Waals surface area contributed by atoms with Gasteiger partial charge in [-0.25, -0.2) is 8.42 Å². The maximum atomic E-state index is 11.3. The number of hydrogen-bond acceptors (Lipinski definition) is 3. The third-order valence-corrected chi connectivity index (χ3v) is 3.57. The molecule has 0 aliphatic carbocycles. The van der Waals surface area contributed by atoms with Gasteiger partial charge in [-0.1, -0.05) is 17.7 Å². The molecule has 0 heterocycles. The summed E-state index contributed by atoms with van der Waals surface area (Å²) < 4.78 is 21.5. The topological polar surface area (TPSA) is 54.4 Å². The Balaban J connectivity index is 3.25. The number of aryl methyl sites for hydroxylation is 1. The van der Waals surface area contributed by atoms with E-state index in [9.17, 15) is 8.42 Å². The second-order valence-corrected chi connectivity index (χ2v) is 5.09. The number of hydrogen-bond donors (Lipinski definition) is 1. The van der Waals surface area contributed by atoms with Crippen molar-refractivity contribution in [1.29, 1.82) is 0 Å². The Morgan fingerprint density at radius 2 is 1.77 bits per heavy atom. The highest BCUT2D eigenvalue weighted by molar-refractivity contribution is 8.16. The Hall–Kier alpha value is -0.940. The van der Waals surface area contributed by atoms with Crippen LogP contribution in [-0.2, 0) is 9.84 Å². The lowest BCUT2D eigenvalue weighted by Gasteiger charge is -2.00. The van der Waals surface area contributed by atoms with Crippen LogP contribution in [-0.4, -0.2) is 17.9 Å². The SMILES string of the molecule is Cc1ccc(S(=O)(=O)C(O)=S)cc1. The first-order chi connectivity index (χ1) is 5.94. The average Bonchev–Trinajstić information content (AvgIpc) is 2.04. The van der Waals surface area contributed by atoms with Crippen LogP contribution in [0.2, 0.25) is 0 Å². The normalized spacial score (nSPS) is 11.2. The molecular weight excluding hydrogens is 208 g/mol. The van der Waals surface area contributed by atoms with Gasteiger partial charge in [0.1, 0.15) is 0 Å². The lowest BCUT2D eigenvalue weighted by Crippen LogP contribution is -2.11. The molecule has 0 aliphatic rings. The van der Waals surface area contributed by atoms with E-state index in [1.54, 1.807) is 12.1 Å². The van der Waals surface area contributed by atoms with E-state index >= 15 is 0 Å². The predicted molar refractivity (Wildman–Crippen MR) is 53.6 cm³/mol. The summed E-state index contributed by atoms with van der Waals surface area (Å²) >= 11 is 4.21. The van der Waals surface area contributed by atoms with Gasteiger partial charge in [-0.15, -0.1) is 0 Å². The van der Waals surface area contributed by atoms with Crippen LogP contribution in [0.25, 0.3) is 0 Å². The van der Waals surface area contributed by atoms with Crippen LogP contribution in [0.1, 0.15) is 5.56 Å². The van der Waals surface area contributed by atoms with Gasteiger partial charge in [-0.2, -0.15) is 0 Å². The Labute approximate surface area is 81.9 Å². The number of aliphatic hydroxyl groups is 1. The van der Waals surface area contributed by atoms with Crippen molar-refractivity contribution in [3.63, 3.8) is 0 Å². The van der Waals surface area contributed by atoms with Gasteiger partial charge in [0.05, 0.1) is 4.90 Å². The molecule has 0 atom stereocenters. The molecular formula is C8H8O3S2. The van der Waals surface area contributed by atoms with E-state index < -0.39 is 14.2 Å². The molecule has 1 aromatic rings. The van der Waals surface area contributed by atoms with Crippen LogP contribution < -0.4 is 0 Å². The van der Waals surface area contributed by atoms with E-state index in [0.717, 1.165) is 5.56 Å². The molecule has 0 unspecified atom stereocenters. The van der Waals surface area contributed by atoms with Gasteiger partial charge < -0.3 is 5.11 Å². The number of benzene rings is 1. The third-order valence-electron chi connectivity index (χ3n) is 1.56. The van der Waals surface area contributed by atoms with Crippen LogP contribution in [0, 0.1) is 6.92 Å². The van der Waals surface area contributed by atoms with Crippen molar-refractivity contribution >= 4 is 26.4 Å². The summed E-state index contributed by atoms with van der Waals surface area (Å²) in [5, 5.41) is 8.75. The summed E-state index contributed by atoms with van der Waals surface area (Å²) in [7, 11) is -3.81. The van der Waals surface area contributed by atoms with Gasteiger partial charge in [0.15, 0.2) is 0 Å². The molecule has 5 heteroatoms. The second kappa shape index (κ2) is 3.43. The first kappa shape index (κ1) is 10.1. The van der Waals surface area contributed by atoms with Crippen molar-refractivity contribution in [2.75, 3.05) is 0 Å². The van der Waals surface area contributed by atoms with Gasteiger partial charge in [-0.05, 0) is 31.3 Å². The fourth-order valence-electron chi connectivity index (χ4n) is 0.818. The molecule has 3 nitrogen and oxygen atoms in total. The lowest BCUT2D eigenvalue weighted by molar-refractivity contribution is 0.558. The number of thiocarbonyl (C=S) groups is 1. The zero-order valence-corrected chi connectivity index (χ0v) is 8.52. The Morgan fingerprint density at radius 1 is 1.31 bits per heavy atom. The summed E-state index contributed by atoms with van der Waals surface area (Å²) in [5.41, 5.74) is 0.947. The quantitative estimate of drug-likeness (QED) is 0.725. The highest BCUT2D eigenvalue weighted by atomic mass is 32.2. The standard InChI is InChI=1S/C8H8O3S2/c1-6-2-4-7(5-3-6)13(10,11)8(9)12/h2-5H,1H3,(H,9,12). The zero-order valence-electron chi connectivity index (χ0n) is 6.89. The van der Waals surface area contributed by atoms with Crippen molar-refractivity contribution in [2.45, 2.75) is 11.8 Å². The van der Waals surface area contributed by atoms with E-state index in [-0.39, 0.29) is 4.90 Å². The largest absolute Gasteiger partial charge is 0.491 e. The Morgan fingerprint density at radius 3 is 2.15 bits per heavy atom. The van der Waals surface area contributed by atoms with Crippen molar-refractivity contribution < 1.29 is 13.5 Å². The number of aliphatic hydroxyl groups excluding tert-OH is 1. The smallest absolute Gasteiger partial charge is 0.281 e. The Kier molecular flexibility index (Phi) is 2.68. The monoisotopic (exact) mass is 216 g/mol. The maximum absolute atomic E-state index is 11.3. The van der Waals surface area contributed by atoms with Gasteiger partial charge in [0.2, 0.25) is 9.84 Å². The highest BCUT2D eigenvalue weighted by Gasteiger charge is 2.18. The first-order valence-electron chi connectivity index (χ1n) is 3.49. The lowest BCUT2D eigenvalue weighted by atomic mass is 10.2. The molecule has 1 N–H and O–H groups in total. The van der Waals surface area contributed by atoms with Crippen LogP contribution in [0.15, 0.2) is 29.2 Å². The van der Waals surface area contributed by atoms with Crippen molar-refractivity contribution in [3.8, 4) is 0 Å². The first-order valence-corrected chi connectivity index (χ1v) is 5.38. The highest BCUT2D eigenvalue weighted by Crippen LogP contribution is 2.12. The fraction of sp³-hybridized carbons (Fsp3) is 0.125. The van der Waals surface area contributed by atoms with Crippen LogP contribution >= 0.6 is 12.2 Å². The molecule has 0 saturated carbocycles. The van der Waals surface area contributed by atoms with Crippen LogP contribution in [0.5, 0.6) is 0 Å². The van der Waals surface area contributed by atoms with Gasteiger partial charge in [0.25, 0.3) is 4.38 Å². The molecule has 0 radical (unpaired) electrons. The maximum Gasteiger partial charge on any atom is 0.281 e. The molecule has 0 aliphatic heterocycles. The van der Waals surface area contributed by atoms with Gasteiger partial charge in [0, 0.05) is 0 Å². The van der Waals surface area contributed by atoms with Crippen molar-refractivity contribution in [1.82, 2.24) is 0 Å². The van der Waals surface area contributed by atoms with Crippen molar-refractivity contribution in [2.24, 2.45) is 0 Å². The Bertz CT molecular complexity index is 417. The minimum absolute atomic E-state index is 0.0191. The van der Waals surface area contributed by atoms with Crippen LogP contribution in [0.4, 0.5) is 0 Å². The summed E-state index contributed by atoms with van der Waals surface area (Å²) in [6.07, 6.45) is 0. The molecule has 0 aromatic heterocycles. The number of rotatable bonds is 1. The van der Waals surface area contributed by atoms with E-state index in [1.807, 2.05) is 6.92 Å². The van der Waals surface area contributed by atoms with E-state index in [0.29, 0.717) is 0 Å². The van der Waals surface area contributed by atoms with E-state index in [2.05, 4.69) is 12.2 Å². The molecule has 0 saturated heterocycles. The molecule has 70 valence electrons. The molecule has 1 aromatic carbocycles. The minimum Gasteiger partial charge on any atom is -0.491 e. The summed E-state index contributed by atoms with van der Waals surface area (Å²) in [6.45, 7) is 1.84. The predicted octanol–water partition coefficient (Wildman–Crippen LogP) is 1.61. The van der Waals surface area contributed by atoms with E-state index in [1.165, 1.54) is 12.1 Å². The van der Waals surface area contributed by atoms with Crippen molar-refractivity contribution in [3.05, 3.63) is 29.8 Å². The average molecular weight is 216 g/mol.